The van der Waals surface area contributed by atoms with Crippen molar-refractivity contribution in [3.63, 3.8) is 0 Å². The summed E-state index contributed by atoms with van der Waals surface area (Å²) in [7, 11) is 1.18. The van der Waals surface area contributed by atoms with Crippen LogP contribution in [0.15, 0.2) is 12.1 Å². The van der Waals surface area contributed by atoms with Gasteiger partial charge in [-0.25, -0.2) is 4.79 Å². The van der Waals surface area contributed by atoms with Gasteiger partial charge < -0.3 is 15.2 Å². The molecule has 0 bridgehead atoms. The maximum Gasteiger partial charge on any atom is 0.340 e. The van der Waals surface area contributed by atoms with Gasteiger partial charge in [-0.3, -0.25) is 19.8 Å². The van der Waals surface area contributed by atoms with Crippen molar-refractivity contribution in [1.82, 2.24) is 4.90 Å². The second-order valence-electron chi connectivity index (χ2n) is 6.02. The van der Waals surface area contributed by atoms with Crippen LogP contribution in [-0.4, -0.2) is 59.2 Å². The van der Waals surface area contributed by atoms with Crippen LogP contribution in [0.5, 0.6) is 0 Å². The number of aliphatic carboxylic acids is 1. The lowest BCUT2D eigenvalue weighted by molar-refractivity contribution is -0.384. The van der Waals surface area contributed by atoms with Gasteiger partial charge in [0.15, 0.2) is 0 Å². The van der Waals surface area contributed by atoms with Gasteiger partial charge >= 0.3 is 11.9 Å². The smallest absolute Gasteiger partial charge is 0.340 e. The lowest BCUT2D eigenvalue weighted by Crippen LogP contribution is -2.51. The highest BCUT2D eigenvalue weighted by Crippen LogP contribution is 2.36. The molecule has 0 radical (unpaired) electrons. The topological polar surface area (TPSA) is 122 Å². The third-order valence-corrected chi connectivity index (χ3v) is 4.71. The zero-order valence-electron chi connectivity index (χ0n) is 14.4. The average molecular weight is 386 g/mol. The normalized spacial score (nSPS) is 18.9. The fourth-order valence-electron chi connectivity index (χ4n) is 3.00. The Morgan fingerprint density at radius 1 is 1.46 bits per heavy atom. The van der Waals surface area contributed by atoms with Gasteiger partial charge in [0.1, 0.15) is 0 Å². The van der Waals surface area contributed by atoms with E-state index < -0.39 is 16.9 Å². The molecule has 1 aliphatic carbocycles. The summed E-state index contributed by atoms with van der Waals surface area (Å²) in [6.07, 6.45) is 1.35. The summed E-state index contributed by atoms with van der Waals surface area (Å²) in [4.78, 5) is 35.1. The molecule has 1 fully saturated rings. The van der Waals surface area contributed by atoms with E-state index in [1.165, 1.54) is 13.2 Å². The highest BCUT2D eigenvalue weighted by Gasteiger charge is 2.35. The monoisotopic (exact) mass is 385 g/mol. The second kappa shape index (κ2) is 8.33. The summed E-state index contributed by atoms with van der Waals surface area (Å²) in [6.45, 7) is 2.49. The average Bonchev–Trinajstić information content (AvgIpc) is 2.55. The molecule has 26 heavy (non-hydrogen) atoms. The fourth-order valence-corrected chi connectivity index (χ4v) is 3.26. The number of ether oxygens (including phenoxy) is 1. The number of hydrogen-bond donors (Lipinski definition) is 2. The number of hydrogen-bond acceptors (Lipinski definition) is 7. The van der Waals surface area contributed by atoms with Gasteiger partial charge in [-0.1, -0.05) is 18.5 Å². The van der Waals surface area contributed by atoms with E-state index in [1.807, 2.05) is 11.8 Å². The molecule has 2 N–H and O–H groups in total. The van der Waals surface area contributed by atoms with Crippen LogP contribution in [-0.2, 0) is 9.53 Å². The quantitative estimate of drug-likeness (QED) is 0.397. The van der Waals surface area contributed by atoms with E-state index in [4.69, 9.17) is 16.7 Å². The third kappa shape index (κ3) is 4.41. The van der Waals surface area contributed by atoms with E-state index in [2.05, 4.69) is 10.1 Å². The summed E-state index contributed by atoms with van der Waals surface area (Å²) in [5.41, 5.74) is -0.0204. The molecule has 0 unspecified atom stereocenters. The minimum absolute atomic E-state index is 0.00645. The highest BCUT2D eigenvalue weighted by molar-refractivity contribution is 6.34. The summed E-state index contributed by atoms with van der Waals surface area (Å²) in [5.74, 6) is -1.61. The molecule has 0 amide bonds. The molecule has 0 aromatic heterocycles. The molecule has 9 nitrogen and oxygen atoms in total. The molecular formula is C16H20ClN3O6. The number of nitrogens with zero attached hydrogens (tertiary/aromatic N) is 2. The van der Waals surface area contributed by atoms with E-state index in [0.717, 1.165) is 6.07 Å². The van der Waals surface area contributed by atoms with Crippen molar-refractivity contribution < 1.29 is 24.4 Å². The SMILES string of the molecule is CCN(CC(=O)O)C1CC(Nc2c(Cl)cc([N+](=O)[O-])cc2C(=O)OC)C1. The molecule has 0 heterocycles. The highest BCUT2D eigenvalue weighted by atomic mass is 35.5. The minimum Gasteiger partial charge on any atom is -0.480 e. The van der Waals surface area contributed by atoms with Crippen molar-refractivity contribution >= 4 is 34.9 Å². The van der Waals surface area contributed by atoms with Crippen LogP contribution in [0, 0.1) is 10.1 Å². The molecule has 0 spiro atoms. The zero-order chi connectivity index (χ0) is 19.4. The van der Waals surface area contributed by atoms with Gasteiger partial charge in [-0.05, 0) is 19.4 Å². The number of nitro benzene ring substituents is 1. The standard InChI is InChI=1S/C16H20ClN3O6/c1-3-19(8-14(21)22)10-4-9(5-10)18-15-12(16(23)26-2)6-11(20(24)25)7-13(15)17/h6-7,9-10,18H,3-5,8H2,1-2H3,(H,21,22). The molecule has 1 aliphatic rings. The van der Waals surface area contributed by atoms with Crippen molar-refractivity contribution in [3.8, 4) is 0 Å². The van der Waals surface area contributed by atoms with Crippen molar-refractivity contribution in [3.05, 3.63) is 32.8 Å². The maximum absolute atomic E-state index is 12.0. The Labute approximate surface area is 155 Å². The summed E-state index contributed by atoms with van der Waals surface area (Å²) >= 11 is 6.14. The first-order valence-corrected chi connectivity index (χ1v) is 8.43. The summed E-state index contributed by atoms with van der Waals surface area (Å²) in [6, 6.07) is 2.39. The Morgan fingerprint density at radius 3 is 2.62 bits per heavy atom. The van der Waals surface area contributed by atoms with Crippen LogP contribution in [0.4, 0.5) is 11.4 Å². The van der Waals surface area contributed by atoms with E-state index in [0.29, 0.717) is 19.4 Å². The van der Waals surface area contributed by atoms with Crippen LogP contribution < -0.4 is 5.32 Å². The Hall–Kier alpha value is -2.39. The van der Waals surface area contributed by atoms with E-state index >= 15 is 0 Å². The number of esters is 1. The van der Waals surface area contributed by atoms with Gasteiger partial charge in [0.2, 0.25) is 0 Å². The molecule has 0 atom stereocenters. The first-order valence-electron chi connectivity index (χ1n) is 8.05. The van der Waals surface area contributed by atoms with Gasteiger partial charge in [0.05, 0.1) is 34.9 Å². The van der Waals surface area contributed by atoms with Gasteiger partial charge in [0, 0.05) is 24.2 Å². The number of nitrogens with one attached hydrogen (secondary N) is 1. The molecule has 2 rings (SSSR count). The Balaban J connectivity index is 2.14. The van der Waals surface area contributed by atoms with Gasteiger partial charge in [-0.2, -0.15) is 0 Å². The maximum atomic E-state index is 12.0. The number of carbonyl (C=O) groups is 2. The van der Waals surface area contributed by atoms with Crippen LogP contribution in [0.25, 0.3) is 0 Å². The molecule has 1 saturated carbocycles. The number of carboxylic acids is 1. The molecule has 0 saturated heterocycles. The molecule has 1 aromatic rings. The first kappa shape index (κ1) is 19.9. The van der Waals surface area contributed by atoms with E-state index in [9.17, 15) is 19.7 Å². The van der Waals surface area contributed by atoms with Crippen molar-refractivity contribution in [2.24, 2.45) is 0 Å². The van der Waals surface area contributed by atoms with Gasteiger partial charge in [-0.15, -0.1) is 0 Å². The number of rotatable bonds is 8. The Kier molecular flexibility index (Phi) is 6.38. The molecule has 10 heteroatoms. The number of benzene rings is 1. The van der Waals surface area contributed by atoms with Crippen LogP contribution in [0.3, 0.4) is 0 Å². The number of methoxy groups -OCH3 is 1. The predicted octanol–water partition coefficient (Wildman–Crippen LogP) is 2.38. The van der Waals surface area contributed by atoms with E-state index in [1.54, 1.807) is 0 Å². The van der Waals surface area contributed by atoms with Crippen LogP contribution >= 0.6 is 11.6 Å². The number of non-ortho nitro benzene ring substituents is 1. The lowest BCUT2D eigenvalue weighted by Gasteiger charge is -2.42. The molecule has 1 aromatic carbocycles. The number of anilines is 1. The summed E-state index contributed by atoms with van der Waals surface area (Å²) < 4.78 is 4.69. The van der Waals surface area contributed by atoms with Crippen LogP contribution in [0.2, 0.25) is 5.02 Å². The number of carboxylic acid groups (broad SMARTS) is 1. The fraction of sp³-hybridized carbons (Fsp3) is 0.500. The zero-order valence-corrected chi connectivity index (χ0v) is 15.2. The summed E-state index contributed by atoms with van der Waals surface area (Å²) in [5, 5.41) is 23.1. The minimum atomic E-state index is -0.880. The molecule has 0 aliphatic heterocycles. The number of carbonyl (C=O) groups excluding carboxylic acids is 1. The van der Waals surface area contributed by atoms with Crippen molar-refractivity contribution in [2.75, 3.05) is 25.5 Å². The molecular weight excluding hydrogens is 366 g/mol. The van der Waals surface area contributed by atoms with Crippen molar-refractivity contribution in [1.29, 1.82) is 0 Å². The second-order valence-corrected chi connectivity index (χ2v) is 6.43. The molecule has 142 valence electrons. The number of likely N-dealkylation sites (N-methyl/N-ethyl adjacent to an activating group) is 1. The predicted molar refractivity (Wildman–Crippen MR) is 94.8 cm³/mol. The Bertz CT molecular complexity index is 720. The number of halogens is 1. The van der Waals surface area contributed by atoms with Crippen LogP contribution in [0.1, 0.15) is 30.1 Å². The van der Waals surface area contributed by atoms with Crippen molar-refractivity contribution in [2.45, 2.75) is 31.8 Å². The largest absolute Gasteiger partial charge is 0.480 e. The lowest BCUT2D eigenvalue weighted by atomic mass is 9.85. The third-order valence-electron chi connectivity index (χ3n) is 4.41. The van der Waals surface area contributed by atoms with Gasteiger partial charge in [0.25, 0.3) is 5.69 Å². The number of nitro groups is 1. The first-order chi connectivity index (χ1) is 12.3. The van der Waals surface area contributed by atoms with E-state index in [-0.39, 0.29) is 40.6 Å². The Morgan fingerprint density at radius 2 is 2.12 bits per heavy atom.